The summed E-state index contributed by atoms with van der Waals surface area (Å²) >= 11 is 0. The molecule has 0 aliphatic carbocycles. The zero-order chi connectivity index (χ0) is 13.1. The van der Waals surface area contributed by atoms with Crippen LogP contribution in [0.4, 0.5) is 0 Å². The molecule has 0 atom stereocenters. The molecule has 2 N–H and O–H groups in total. The van der Waals surface area contributed by atoms with Gasteiger partial charge in [-0.2, -0.15) is 10.2 Å². The summed E-state index contributed by atoms with van der Waals surface area (Å²) < 4.78 is 1.34. The van der Waals surface area contributed by atoms with E-state index in [4.69, 9.17) is 5.84 Å². The Morgan fingerprint density at radius 1 is 1.33 bits per heavy atom. The first kappa shape index (κ1) is 12.0. The fourth-order valence-corrected chi connectivity index (χ4v) is 1.69. The second kappa shape index (κ2) is 4.83. The van der Waals surface area contributed by atoms with Gasteiger partial charge in [0.05, 0.1) is 5.69 Å². The molecule has 0 aliphatic rings. The third-order valence-corrected chi connectivity index (χ3v) is 2.62. The molecule has 1 aromatic carbocycles. The second-order valence-corrected chi connectivity index (χ2v) is 3.96. The van der Waals surface area contributed by atoms with Gasteiger partial charge in [-0.1, -0.05) is 24.3 Å². The van der Waals surface area contributed by atoms with Gasteiger partial charge in [-0.05, 0) is 13.0 Å². The smallest absolute Gasteiger partial charge is 0.269 e. The summed E-state index contributed by atoms with van der Waals surface area (Å²) in [6, 6.07) is 9.24. The van der Waals surface area contributed by atoms with Crippen LogP contribution in [0.25, 0.3) is 11.3 Å². The lowest BCUT2D eigenvalue weighted by atomic mass is 10.1. The van der Waals surface area contributed by atoms with Crippen molar-refractivity contribution in [2.75, 3.05) is 0 Å². The number of nitrogens with zero attached hydrogens (tertiary/aromatic N) is 3. The van der Waals surface area contributed by atoms with Crippen LogP contribution in [0.3, 0.4) is 0 Å². The van der Waals surface area contributed by atoms with Crippen molar-refractivity contribution in [1.82, 2.24) is 9.78 Å². The Hall–Kier alpha value is -2.43. The van der Waals surface area contributed by atoms with Crippen molar-refractivity contribution in [3.8, 4) is 11.3 Å². The van der Waals surface area contributed by atoms with Crippen LogP contribution in [0.1, 0.15) is 11.1 Å². The predicted octanol–water partition coefficient (Wildman–Crippen LogP) is 0.925. The third-order valence-electron chi connectivity index (χ3n) is 2.62. The van der Waals surface area contributed by atoms with E-state index in [1.165, 1.54) is 4.68 Å². The Bertz CT molecular complexity index is 615. The molecule has 0 aliphatic heterocycles. The first-order valence-electron chi connectivity index (χ1n) is 5.43. The summed E-state index contributed by atoms with van der Waals surface area (Å²) in [6.45, 7) is 1.77. The molecule has 2 rings (SSSR count). The van der Waals surface area contributed by atoms with Gasteiger partial charge in [-0.15, -0.1) is 0 Å². The molecule has 0 fully saturated rings. The minimum absolute atomic E-state index is 0.0843. The highest BCUT2D eigenvalue weighted by Crippen LogP contribution is 2.16. The van der Waals surface area contributed by atoms with Crippen LogP contribution in [0.15, 0.2) is 40.2 Å². The van der Waals surface area contributed by atoms with Gasteiger partial charge in [0.25, 0.3) is 5.56 Å². The van der Waals surface area contributed by atoms with Crippen molar-refractivity contribution in [1.29, 1.82) is 0 Å². The number of hydrogen-bond donors (Lipinski definition) is 1. The standard InChI is InChI=1S/C13H13N4O/c1-9-7-12(16-17(2)13(9)18)11-5-3-10(4-6-11)8-15-14/h3-7H,14H2,1-2H3. The van der Waals surface area contributed by atoms with E-state index >= 15 is 0 Å². The molecule has 1 heterocycles. The van der Waals surface area contributed by atoms with Crippen LogP contribution in [-0.4, -0.2) is 16.0 Å². The fourth-order valence-electron chi connectivity index (χ4n) is 1.69. The highest BCUT2D eigenvalue weighted by molar-refractivity contribution is 5.80. The molecule has 0 saturated heterocycles. The van der Waals surface area contributed by atoms with E-state index in [2.05, 4.69) is 16.4 Å². The Morgan fingerprint density at radius 2 is 2.00 bits per heavy atom. The van der Waals surface area contributed by atoms with E-state index in [-0.39, 0.29) is 5.56 Å². The lowest BCUT2D eigenvalue weighted by Gasteiger charge is -2.05. The normalized spacial score (nSPS) is 11.0. The van der Waals surface area contributed by atoms with E-state index in [1.54, 1.807) is 20.0 Å². The number of hydrogen-bond acceptors (Lipinski definition) is 4. The summed E-state index contributed by atoms with van der Waals surface area (Å²) in [7, 11) is 1.64. The predicted molar refractivity (Wildman–Crippen MR) is 70.4 cm³/mol. The first-order valence-corrected chi connectivity index (χ1v) is 5.43. The number of benzene rings is 1. The van der Waals surface area contributed by atoms with Crippen LogP contribution in [0.2, 0.25) is 0 Å². The molecule has 0 amide bonds. The molecule has 0 bridgehead atoms. The highest BCUT2D eigenvalue weighted by Gasteiger charge is 2.04. The van der Waals surface area contributed by atoms with Crippen molar-refractivity contribution in [2.24, 2.45) is 18.0 Å². The van der Waals surface area contributed by atoms with Crippen LogP contribution in [-0.2, 0) is 7.05 Å². The van der Waals surface area contributed by atoms with E-state index < -0.39 is 0 Å². The van der Waals surface area contributed by atoms with Crippen LogP contribution in [0, 0.1) is 6.92 Å². The molecule has 0 unspecified atom stereocenters. The number of rotatable bonds is 2. The third kappa shape index (κ3) is 2.29. The molecule has 0 saturated carbocycles. The minimum Gasteiger partial charge on any atom is -0.323 e. The van der Waals surface area contributed by atoms with Crippen LogP contribution >= 0.6 is 0 Å². The van der Waals surface area contributed by atoms with Crippen LogP contribution in [0.5, 0.6) is 0 Å². The number of aromatic nitrogens is 2. The van der Waals surface area contributed by atoms with Gasteiger partial charge < -0.3 is 5.84 Å². The van der Waals surface area contributed by atoms with E-state index in [9.17, 15) is 4.79 Å². The number of nitrogens with two attached hydrogens (primary N) is 1. The highest BCUT2D eigenvalue weighted by atomic mass is 16.1. The monoisotopic (exact) mass is 241 g/mol. The zero-order valence-corrected chi connectivity index (χ0v) is 10.2. The van der Waals surface area contributed by atoms with Crippen molar-refractivity contribution < 1.29 is 0 Å². The minimum atomic E-state index is -0.0843. The number of aryl methyl sites for hydroxylation is 2. The Kier molecular flexibility index (Phi) is 3.23. The first-order chi connectivity index (χ1) is 8.61. The van der Waals surface area contributed by atoms with E-state index in [0.29, 0.717) is 5.56 Å². The lowest BCUT2D eigenvalue weighted by molar-refractivity contribution is 0.705. The summed E-state index contributed by atoms with van der Waals surface area (Å²) in [5.41, 5.74) is 3.06. The average molecular weight is 241 g/mol. The Morgan fingerprint density at radius 3 is 2.56 bits per heavy atom. The van der Waals surface area contributed by atoms with Crippen molar-refractivity contribution in [2.45, 2.75) is 6.92 Å². The molecule has 5 nitrogen and oxygen atoms in total. The Balaban J connectivity index is 2.46. The second-order valence-electron chi connectivity index (χ2n) is 3.96. The van der Waals surface area contributed by atoms with Gasteiger partial charge in [0.1, 0.15) is 6.21 Å². The Labute approximate surface area is 105 Å². The maximum atomic E-state index is 11.6. The summed E-state index contributed by atoms with van der Waals surface area (Å²) in [4.78, 5) is 11.6. The maximum absolute atomic E-state index is 11.6. The fraction of sp³-hybridized carbons (Fsp3) is 0.154. The summed E-state index contributed by atoms with van der Waals surface area (Å²) in [5.74, 6) is 5.03. The van der Waals surface area contributed by atoms with Crippen molar-refractivity contribution >= 4 is 6.21 Å². The molecular weight excluding hydrogens is 228 g/mol. The number of hydrazone groups is 1. The largest absolute Gasteiger partial charge is 0.323 e. The quantitative estimate of drug-likeness (QED) is 0.483. The summed E-state index contributed by atoms with van der Waals surface area (Å²) in [5, 5.41) is 7.55. The molecule has 2 aromatic rings. The van der Waals surface area contributed by atoms with Gasteiger partial charge in [0.15, 0.2) is 0 Å². The maximum Gasteiger partial charge on any atom is 0.269 e. The molecule has 1 radical (unpaired) electrons. The topological polar surface area (TPSA) is 73.3 Å². The molecule has 5 heteroatoms. The van der Waals surface area contributed by atoms with Gasteiger partial charge >= 0.3 is 0 Å². The molecule has 91 valence electrons. The van der Waals surface area contributed by atoms with Crippen molar-refractivity contribution in [3.05, 3.63) is 51.8 Å². The molecule has 1 aromatic heterocycles. The van der Waals surface area contributed by atoms with E-state index in [1.807, 2.05) is 24.3 Å². The van der Waals surface area contributed by atoms with Gasteiger partial charge in [-0.3, -0.25) is 4.79 Å². The zero-order valence-electron chi connectivity index (χ0n) is 10.2. The summed E-state index contributed by atoms with van der Waals surface area (Å²) in [6.07, 6.45) is 2.65. The average Bonchev–Trinajstić information content (AvgIpc) is 2.37. The van der Waals surface area contributed by atoms with Crippen LogP contribution < -0.4 is 11.4 Å². The van der Waals surface area contributed by atoms with Gasteiger partial charge in [-0.25, -0.2) is 4.68 Å². The van der Waals surface area contributed by atoms with Crippen molar-refractivity contribution in [3.63, 3.8) is 0 Å². The van der Waals surface area contributed by atoms with Gasteiger partial charge in [0.2, 0.25) is 0 Å². The molecular formula is C13H13N4O. The molecule has 0 spiro atoms. The SMILES string of the molecule is Cc1cc(-c2ccc(/[C]=N/N)cc2)nn(C)c1=O. The van der Waals surface area contributed by atoms with Gasteiger partial charge in [0, 0.05) is 23.7 Å². The lowest BCUT2D eigenvalue weighted by Crippen LogP contribution is -2.21. The molecule has 18 heavy (non-hydrogen) atoms. The van der Waals surface area contributed by atoms with E-state index in [0.717, 1.165) is 16.8 Å².